The predicted octanol–water partition coefficient (Wildman–Crippen LogP) is -2.60. The Kier molecular flexibility index (Phi) is 11.7. The van der Waals surface area contributed by atoms with E-state index < -0.39 is 39.6 Å². The smallest absolute Gasteiger partial charge is 0.326 e. The van der Waals surface area contributed by atoms with E-state index in [-0.39, 0.29) is 45.6 Å². The third kappa shape index (κ3) is 12.3. The van der Waals surface area contributed by atoms with Crippen LogP contribution in [0.4, 0.5) is 0 Å². The fourth-order valence-electron chi connectivity index (χ4n) is 1.65. The van der Waals surface area contributed by atoms with E-state index in [9.17, 15) is 22.8 Å². The first kappa shape index (κ1) is 23.2. The van der Waals surface area contributed by atoms with Gasteiger partial charge in [-0.25, -0.2) is 17.9 Å². The lowest BCUT2D eigenvalue weighted by Gasteiger charge is -2.14. The molecule has 5 N–H and O–H groups in total. The highest BCUT2D eigenvalue weighted by Crippen LogP contribution is 2.00. The molecule has 0 aromatic carbocycles. The van der Waals surface area contributed by atoms with Crippen LogP contribution in [0.1, 0.15) is 19.3 Å². The Morgan fingerprint density at radius 3 is 2.36 bits per heavy atom. The normalized spacial score (nSPS) is 12.4. The fraction of sp³-hybridized carbons (Fsp3) is 0.769. The molecule has 146 valence electrons. The quantitative estimate of drug-likeness (QED) is 0.203. The van der Waals surface area contributed by atoms with Gasteiger partial charge in [-0.1, -0.05) is 0 Å². The highest BCUT2D eigenvalue weighted by molar-refractivity contribution is 7.89. The lowest BCUT2D eigenvalue weighted by Crippen LogP contribution is -2.42. The van der Waals surface area contributed by atoms with Crippen molar-refractivity contribution in [2.24, 2.45) is 0 Å². The molecule has 0 aliphatic carbocycles. The standard InChI is InChI=1S/C13H25N3O8S/c1-14-25(22,23)9-4-12(19)16-10(13(20)21)2-3-11(18)15-5-7-24-8-6-17/h10,14,17H,2-9H2,1H3,(H,15,18)(H,16,19)(H,20,21). The topological polar surface area (TPSA) is 171 Å². The molecule has 0 aliphatic rings. The fourth-order valence-corrected chi connectivity index (χ4v) is 2.30. The summed E-state index contributed by atoms with van der Waals surface area (Å²) in [6, 6.07) is -1.29. The van der Waals surface area contributed by atoms with Gasteiger partial charge in [-0.15, -0.1) is 0 Å². The summed E-state index contributed by atoms with van der Waals surface area (Å²) in [7, 11) is -2.35. The van der Waals surface area contributed by atoms with Gasteiger partial charge in [0.05, 0.1) is 25.6 Å². The van der Waals surface area contributed by atoms with Crippen LogP contribution in [0.15, 0.2) is 0 Å². The molecule has 25 heavy (non-hydrogen) atoms. The number of nitrogens with one attached hydrogen (secondary N) is 3. The number of hydrogen-bond acceptors (Lipinski definition) is 7. The van der Waals surface area contributed by atoms with E-state index in [1.165, 1.54) is 7.05 Å². The number of carboxylic acid groups (broad SMARTS) is 1. The van der Waals surface area contributed by atoms with Gasteiger partial charge in [0, 0.05) is 19.4 Å². The molecule has 0 aliphatic heterocycles. The lowest BCUT2D eigenvalue weighted by molar-refractivity contribution is -0.142. The SMILES string of the molecule is CNS(=O)(=O)CCC(=O)NC(CCC(=O)NCCOCCO)C(=O)O. The largest absolute Gasteiger partial charge is 0.480 e. The Hall–Kier alpha value is -1.76. The van der Waals surface area contributed by atoms with Crippen LogP contribution in [0.3, 0.4) is 0 Å². The van der Waals surface area contributed by atoms with Crippen molar-refractivity contribution in [3.8, 4) is 0 Å². The van der Waals surface area contributed by atoms with Gasteiger partial charge in [0.25, 0.3) is 0 Å². The number of sulfonamides is 1. The van der Waals surface area contributed by atoms with Crippen molar-refractivity contribution >= 4 is 27.8 Å². The van der Waals surface area contributed by atoms with Crippen LogP contribution in [0, 0.1) is 0 Å². The Morgan fingerprint density at radius 1 is 1.12 bits per heavy atom. The van der Waals surface area contributed by atoms with Crippen molar-refractivity contribution in [2.75, 3.05) is 39.2 Å². The number of aliphatic carboxylic acids is 1. The van der Waals surface area contributed by atoms with Crippen LogP contribution in [-0.4, -0.2) is 81.6 Å². The van der Waals surface area contributed by atoms with Crippen LogP contribution >= 0.6 is 0 Å². The summed E-state index contributed by atoms with van der Waals surface area (Å²) in [6.07, 6.45) is -0.656. The van der Waals surface area contributed by atoms with Crippen LogP contribution in [0.2, 0.25) is 0 Å². The van der Waals surface area contributed by atoms with Crippen molar-refractivity contribution in [3.05, 3.63) is 0 Å². The highest BCUT2D eigenvalue weighted by atomic mass is 32.2. The van der Waals surface area contributed by atoms with Crippen molar-refractivity contribution in [3.63, 3.8) is 0 Å². The Balaban J connectivity index is 4.19. The second kappa shape index (κ2) is 12.6. The zero-order valence-electron chi connectivity index (χ0n) is 14.0. The van der Waals surface area contributed by atoms with Gasteiger partial charge in [0.2, 0.25) is 21.8 Å². The Morgan fingerprint density at radius 2 is 1.80 bits per heavy atom. The predicted molar refractivity (Wildman–Crippen MR) is 87.2 cm³/mol. The molecule has 1 atom stereocenters. The number of amides is 2. The maximum absolute atomic E-state index is 11.6. The van der Waals surface area contributed by atoms with Crippen molar-refractivity contribution in [2.45, 2.75) is 25.3 Å². The molecule has 0 rings (SSSR count). The van der Waals surface area contributed by atoms with Crippen molar-refractivity contribution in [1.82, 2.24) is 15.4 Å². The summed E-state index contributed by atoms with van der Waals surface area (Å²) < 4.78 is 29.4. The second-order valence-corrected chi connectivity index (χ2v) is 7.00. The van der Waals surface area contributed by atoms with Gasteiger partial charge in [-0.3, -0.25) is 9.59 Å². The summed E-state index contributed by atoms with van der Waals surface area (Å²) >= 11 is 0. The van der Waals surface area contributed by atoms with Gasteiger partial charge in [-0.05, 0) is 13.5 Å². The first-order valence-electron chi connectivity index (χ1n) is 7.60. The monoisotopic (exact) mass is 383 g/mol. The lowest BCUT2D eigenvalue weighted by atomic mass is 10.1. The molecule has 0 saturated carbocycles. The first-order chi connectivity index (χ1) is 11.7. The van der Waals surface area contributed by atoms with E-state index in [1.54, 1.807) is 0 Å². The number of carboxylic acids is 1. The summed E-state index contributed by atoms with van der Waals surface area (Å²) in [4.78, 5) is 34.3. The number of hydrogen-bond donors (Lipinski definition) is 5. The van der Waals surface area contributed by atoms with E-state index in [1.807, 2.05) is 4.72 Å². The second-order valence-electron chi connectivity index (χ2n) is 4.96. The Labute approximate surface area is 146 Å². The molecule has 0 radical (unpaired) electrons. The number of aliphatic hydroxyl groups excluding tert-OH is 1. The maximum atomic E-state index is 11.6. The van der Waals surface area contributed by atoms with E-state index >= 15 is 0 Å². The van der Waals surface area contributed by atoms with Gasteiger partial charge in [0.1, 0.15) is 6.04 Å². The minimum absolute atomic E-state index is 0.121. The molecule has 0 aromatic rings. The summed E-state index contributed by atoms with van der Waals surface area (Å²) in [5.74, 6) is -2.92. The van der Waals surface area contributed by atoms with E-state index in [4.69, 9.17) is 14.9 Å². The van der Waals surface area contributed by atoms with Crippen molar-refractivity contribution in [1.29, 1.82) is 0 Å². The molecule has 0 fully saturated rings. The van der Waals surface area contributed by atoms with Gasteiger partial charge >= 0.3 is 5.97 Å². The molecular weight excluding hydrogens is 358 g/mol. The molecule has 0 heterocycles. The van der Waals surface area contributed by atoms with Gasteiger partial charge in [-0.2, -0.15) is 0 Å². The first-order valence-corrected chi connectivity index (χ1v) is 9.25. The number of rotatable bonds is 14. The van der Waals surface area contributed by atoms with Crippen LogP contribution in [-0.2, 0) is 29.1 Å². The summed E-state index contributed by atoms with van der Waals surface area (Å²) in [5, 5.41) is 22.3. The summed E-state index contributed by atoms with van der Waals surface area (Å²) in [6.45, 7) is 0.464. The number of aliphatic hydroxyl groups is 1. The molecule has 12 heteroatoms. The van der Waals surface area contributed by atoms with Gasteiger partial charge < -0.3 is 25.6 Å². The number of ether oxygens (including phenoxy) is 1. The summed E-state index contributed by atoms with van der Waals surface area (Å²) in [5.41, 5.74) is 0. The zero-order valence-corrected chi connectivity index (χ0v) is 14.8. The molecule has 0 bridgehead atoms. The van der Waals surface area contributed by atoms with E-state index in [0.717, 1.165) is 0 Å². The van der Waals surface area contributed by atoms with Crippen molar-refractivity contribution < 1.29 is 37.8 Å². The third-order valence-corrected chi connectivity index (χ3v) is 4.37. The average Bonchev–Trinajstić information content (AvgIpc) is 2.56. The number of carbonyl (C=O) groups excluding carboxylic acids is 2. The molecule has 11 nitrogen and oxygen atoms in total. The van der Waals surface area contributed by atoms with E-state index in [0.29, 0.717) is 0 Å². The van der Waals surface area contributed by atoms with Crippen LogP contribution in [0.25, 0.3) is 0 Å². The van der Waals surface area contributed by atoms with Gasteiger partial charge in [0.15, 0.2) is 0 Å². The van der Waals surface area contributed by atoms with Crippen LogP contribution in [0.5, 0.6) is 0 Å². The third-order valence-electron chi connectivity index (χ3n) is 3.01. The molecule has 0 spiro atoms. The van der Waals surface area contributed by atoms with E-state index in [2.05, 4.69) is 10.6 Å². The minimum Gasteiger partial charge on any atom is -0.480 e. The molecule has 0 aromatic heterocycles. The Bertz CT molecular complexity index is 537. The van der Waals surface area contributed by atoms with Crippen LogP contribution < -0.4 is 15.4 Å². The minimum atomic E-state index is -3.56. The molecule has 0 saturated heterocycles. The average molecular weight is 383 g/mol. The molecule has 2 amide bonds. The molecule has 1 unspecified atom stereocenters. The highest BCUT2D eigenvalue weighted by Gasteiger charge is 2.21. The number of carbonyl (C=O) groups is 3. The zero-order chi connectivity index (χ0) is 19.3. The maximum Gasteiger partial charge on any atom is 0.326 e. The molecular formula is C13H25N3O8S.